The second-order valence-electron chi connectivity index (χ2n) is 5.77. The molecule has 1 aromatic heterocycles. The number of fused-ring (bicyclic) bond motifs is 1. The molecule has 0 aliphatic heterocycles. The molecular formula is C19H18BrN3O2. The van der Waals surface area contributed by atoms with Crippen molar-refractivity contribution in [3.8, 4) is 0 Å². The fraction of sp³-hybridized carbons (Fsp3) is 0.211. The van der Waals surface area contributed by atoms with Crippen LogP contribution in [0, 0.1) is 0 Å². The van der Waals surface area contributed by atoms with E-state index in [-0.39, 0.29) is 24.1 Å². The standard InChI is InChI=1S/C19H18BrN3O2/c1-2-17(13-7-9-15(20)10-8-13)22-18(24)12-23-19(25)16-6-4-3-5-14(16)11-21-23/h3-11,17H,2,12H2,1H3,(H,22,24)/t17-/m1/s1. The van der Waals surface area contributed by atoms with Crippen molar-refractivity contribution in [2.24, 2.45) is 0 Å². The molecule has 6 heteroatoms. The Labute approximate surface area is 153 Å². The van der Waals surface area contributed by atoms with Gasteiger partial charge in [-0.3, -0.25) is 9.59 Å². The third-order valence-electron chi connectivity index (χ3n) is 4.07. The lowest BCUT2D eigenvalue weighted by Crippen LogP contribution is -2.35. The molecule has 0 spiro atoms. The smallest absolute Gasteiger partial charge is 0.275 e. The SMILES string of the molecule is CC[C@@H](NC(=O)Cn1ncc2ccccc2c1=O)c1ccc(Br)cc1. The van der Waals surface area contributed by atoms with Crippen molar-refractivity contribution in [3.63, 3.8) is 0 Å². The number of nitrogens with zero attached hydrogens (tertiary/aromatic N) is 2. The largest absolute Gasteiger partial charge is 0.348 e. The van der Waals surface area contributed by atoms with Crippen LogP contribution in [0.15, 0.2) is 64.0 Å². The third kappa shape index (κ3) is 3.96. The topological polar surface area (TPSA) is 64.0 Å². The van der Waals surface area contributed by atoms with Crippen LogP contribution >= 0.6 is 15.9 Å². The summed E-state index contributed by atoms with van der Waals surface area (Å²) in [5, 5.41) is 8.40. The highest BCUT2D eigenvalue weighted by molar-refractivity contribution is 9.10. The number of amides is 1. The molecule has 2 aromatic carbocycles. The summed E-state index contributed by atoms with van der Waals surface area (Å²) < 4.78 is 2.19. The maximum absolute atomic E-state index is 12.4. The zero-order valence-electron chi connectivity index (χ0n) is 13.8. The molecule has 3 rings (SSSR count). The number of hydrogen-bond acceptors (Lipinski definition) is 3. The lowest BCUT2D eigenvalue weighted by atomic mass is 10.0. The van der Waals surface area contributed by atoms with Crippen LogP contribution in [0.5, 0.6) is 0 Å². The summed E-state index contributed by atoms with van der Waals surface area (Å²) in [6, 6.07) is 15.0. The Morgan fingerprint density at radius 1 is 1.20 bits per heavy atom. The predicted octanol–water partition coefficient (Wildman–Crippen LogP) is 3.43. The van der Waals surface area contributed by atoms with E-state index in [4.69, 9.17) is 0 Å². The molecule has 1 N–H and O–H groups in total. The van der Waals surface area contributed by atoms with Crippen LogP contribution in [0.1, 0.15) is 24.9 Å². The maximum Gasteiger partial charge on any atom is 0.275 e. The summed E-state index contributed by atoms with van der Waals surface area (Å²) in [5.41, 5.74) is 0.766. The highest BCUT2D eigenvalue weighted by Crippen LogP contribution is 2.19. The quantitative estimate of drug-likeness (QED) is 0.714. The molecule has 5 nitrogen and oxygen atoms in total. The number of halogens is 1. The molecule has 0 saturated heterocycles. The van der Waals surface area contributed by atoms with Gasteiger partial charge in [0.1, 0.15) is 6.54 Å². The summed E-state index contributed by atoms with van der Waals surface area (Å²) in [7, 11) is 0. The summed E-state index contributed by atoms with van der Waals surface area (Å²) in [5.74, 6) is -0.236. The van der Waals surface area contributed by atoms with Crippen LogP contribution in [0.2, 0.25) is 0 Å². The van der Waals surface area contributed by atoms with Crippen molar-refractivity contribution in [3.05, 3.63) is 75.1 Å². The Morgan fingerprint density at radius 2 is 1.92 bits per heavy atom. The van der Waals surface area contributed by atoms with Crippen LogP contribution in [0.4, 0.5) is 0 Å². The number of nitrogens with one attached hydrogen (secondary N) is 1. The predicted molar refractivity (Wildman–Crippen MR) is 101 cm³/mol. The Balaban J connectivity index is 1.76. The first-order valence-corrected chi connectivity index (χ1v) is 8.87. The zero-order chi connectivity index (χ0) is 17.8. The minimum Gasteiger partial charge on any atom is -0.348 e. The van der Waals surface area contributed by atoms with E-state index >= 15 is 0 Å². The van der Waals surface area contributed by atoms with Gasteiger partial charge in [-0.1, -0.05) is 53.2 Å². The Morgan fingerprint density at radius 3 is 2.64 bits per heavy atom. The van der Waals surface area contributed by atoms with Crippen molar-refractivity contribution >= 4 is 32.6 Å². The molecule has 3 aromatic rings. The van der Waals surface area contributed by atoms with Crippen molar-refractivity contribution in [1.82, 2.24) is 15.1 Å². The number of carbonyl (C=O) groups excluding carboxylic acids is 1. The van der Waals surface area contributed by atoms with E-state index in [9.17, 15) is 9.59 Å². The zero-order valence-corrected chi connectivity index (χ0v) is 15.4. The van der Waals surface area contributed by atoms with Crippen LogP contribution in [-0.2, 0) is 11.3 Å². The number of hydrogen-bond donors (Lipinski definition) is 1. The first-order valence-electron chi connectivity index (χ1n) is 8.08. The molecule has 0 aliphatic carbocycles. The Kier molecular flexibility index (Phi) is 5.28. The van der Waals surface area contributed by atoms with Crippen LogP contribution in [0.3, 0.4) is 0 Å². The fourth-order valence-corrected chi connectivity index (χ4v) is 3.00. The number of carbonyl (C=O) groups is 1. The van der Waals surface area contributed by atoms with Gasteiger partial charge in [-0.2, -0.15) is 5.10 Å². The van der Waals surface area contributed by atoms with Crippen LogP contribution < -0.4 is 10.9 Å². The number of rotatable bonds is 5. The van der Waals surface area contributed by atoms with Gasteiger partial charge < -0.3 is 5.32 Å². The van der Waals surface area contributed by atoms with E-state index in [0.29, 0.717) is 5.39 Å². The highest BCUT2D eigenvalue weighted by atomic mass is 79.9. The van der Waals surface area contributed by atoms with Gasteiger partial charge in [-0.15, -0.1) is 0 Å². The molecule has 0 radical (unpaired) electrons. The first-order chi connectivity index (χ1) is 12.1. The summed E-state index contributed by atoms with van der Waals surface area (Å²) in [6.07, 6.45) is 2.36. The normalized spacial score (nSPS) is 12.1. The first kappa shape index (κ1) is 17.4. The van der Waals surface area contributed by atoms with E-state index in [2.05, 4.69) is 26.3 Å². The van der Waals surface area contributed by atoms with E-state index < -0.39 is 0 Å². The minimum absolute atomic E-state index is 0.100. The molecule has 0 aliphatic rings. The summed E-state index contributed by atoms with van der Waals surface area (Å²) >= 11 is 3.41. The molecular weight excluding hydrogens is 382 g/mol. The van der Waals surface area contributed by atoms with E-state index in [1.807, 2.05) is 43.3 Å². The van der Waals surface area contributed by atoms with Gasteiger partial charge in [-0.05, 0) is 30.2 Å². The van der Waals surface area contributed by atoms with Gasteiger partial charge >= 0.3 is 0 Å². The number of benzene rings is 2. The van der Waals surface area contributed by atoms with Crippen molar-refractivity contribution in [1.29, 1.82) is 0 Å². The Bertz CT molecular complexity index is 951. The van der Waals surface area contributed by atoms with Gasteiger partial charge in [0.2, 0.25) is 5.91 Å². The molecule has 0 fully saturated rings. The monoisotopic (exact) mass is 399 g/mol. The summed E-state index contributed by atoms with van der Waals surface area (Å²) in [4.78, 5) is 24.8. The van der Waals surface area contributed by atoms with Gasteiger partial charge in [-0.25, -0.2) is 4.68 Å². The van der Waals surface area contributed by atoms with E-state index in [1.54, 1.807) is 18.3 Å². The van der Waals surface area contributed by atoms with Crippen LogP contribution in [-0.4, -0.2) is 15.7 Å². The second-order valence-corrected chi connectivity index (χ2v) is 6.69. The molecule has 1 amide bonds. The lowest BCUT2D eigenvalue weighted by molar-refractivity contribution is -0.122. The van der Waals surface area contributed by atoms with Gasteiger partial charge in [0.25, 0.3) is 5.56 Å². The van der Waals surface area contributed by atoms with Crippen molar-refractivity contribution in [2.45, 2.75) is 25.9 Å². The summed E-state index contributed by atoms with van der Waals surface area (Å²) in [6.45, 7) is 1.91. The Hall–Kier alpha value is -2.47. The third-order valence-corrected chi connectivity index (χ3v) is 4.60. The van der Waals surface area contributed by atoms with E-state index in [1.165, 1.54) is 4.68 Å². The highest BCUT2D eigenvalue weighted by Gasteiger charge is 2.14. The molecule has 0 bridgehead atoms. The van der Waals surface area contributed by atoms with Crippen molar-refractivity contribution < 1.29 is 4.79 Å². The van der Waals surface area contributed by atoms with Gasteiger partial charge in [0.05, 0.1) is 17.6 Å². The molecule has 0 unspecified atom stereocenters. The molecule has 0 saturated carbocycles. The number of aromatic nitrogens is 2. The van der Waals surface area contributed by atoms with E-state index in [0.717, 1.165) is 21.8 Å². The lowest BCUT2D eigenvalue weighted by Gasteiger charge is -2.18. The molecule has 128 valence electrons. The average Bonchev–Trinajstić information content (AvgIpc) is 2.63. The average molecular weight is 400 g/mol. The van der Waals surface area contributed by atoms with Crippen LogP contribution in [0.25, 0.3) is 10.8 Å². The van der Waals surface area contributed by atoms with Gasteiger partial charge in [0.15, 0.2) is 0 Å². The van der Waals surface area contributed by atoms with Crippen molar-refractivity contribution in [2.75, 3.05) is 0 Å². The van der Waals surface area contributed by atoms with Gasteiger partial charge in [0, 0.05) is 9.86 Å². The molecule has 1 atom stereocenters. The molecule has 1 heterocycles. The fourth-order valence-electron chi connectivity index (χ4n) is 2.73. The minimum atomic E-state index is -0.259. The molecule has 25 heavy (non-hydrogen) atoms. The second kappa shape index (κ2) is 7.61. The maximum atomic E-state index is 12.4.